The summed E-state index contributed by atoms with van der Waals surface area (Å²) in [4.78, 5) is 25.1. The SMILES string of the molecule is COc1ccc2c(O)n(C[C@@]3(c4ccc(OC5CCCC5)cc4)NC(=O)NC3=O)cc2c1. The summed E-state index contributed by atoms with van der Waals surface area (Å²) in [6.07, 6.45) is 6.43. The second kappa shape index (κ2) is 7.78. The molecule has 1 aliphatic heterocycles. The third kappa shape index (κ3) is 3.41. The number of aromatic nitrogens is 1. The first kappa shape index (κ1) is 20.2. The van der Waals surface area contributed by atoms with Crippen LogP contribution in [0.1, 0.15) is 31.2 Å². The van der Waals surface area contributed by atoms with Gasteiger partial charge in [-0.15, -0.1) is 0 Å². The molecule has 1 aromatic heterocycles. The van der Waals surface area contributed by atoms with E-state index in [1.165, 1.54) is 12.8 Å². The molecule has 2 aromatic carbocycles. The topological polar surface area (TPSA) is 102 Å². The molecule has 2 fully saturated rings. The van der Waals surface area contributed by atoms with Crippen LogP contribution in [0.5, 0.6) is 17.4 Å². The predicted octanol–water partition coefficient (Wildman–Crippen LogP) is 3.41. The lowest BCUT2D eigenvalue weighted by Gasteiger charge is -2.27. The largest absolute Gasteiger partial charge is 0.497 e. The van der Waals surface area contributed by atoms with Gasteiger partial charge in [-0.05, 0) is 61.6 Å². The molecule has 0 radical (unpaired) electrons. The molecule has 8 nitrogen and oxygen atoms in total. The third-order valence-electron chi connectivity index (χ3n) is 6.37. The number of hydrogen-bond acceptors (Lipinski definition) is 5. The van der Waals surface area contributed by atoms with Crippen LogP contribution in [0.25, 0.3) is 10.8 Å². The summed E-state index contributed by atoms with van der Waals surface area (Å²) < 4.78 is 12.9. The lowest BCUT2D eigenvalue weighted by atomic mass is 9.89. The average molecular weight is 435 g/mol. The van der Waals surface area contributed by atoms with E-state index in [4.69, 9.17) is 9.47 Å². The number of ether oxygens (including phenoxy) is 2. The third-order valence-corrected chi connectivity index (χ3v) is 6.37. The number of nitrogens with zero attached hydrogens (tertiary/aromatic N) is 1. The van der Waals surface area contributed by atoms with Crippen LogP contribution < -0.4 is 20.1 Å². The van der Waals surface area contributed by atoms with Crippen molar-refractivity contribution in [2.24, 2.45) is 0 Å². The Balaban J connectivity index is 1.49. The maximum absolute atomic E-state index is 13.0. The molecule has 1 atom stereocenters. The number of nitrogens with one attached hydrogen (secondary N) is 2. The van der Waals surface area contributed by atoms with Crippen LogP contribution in [0.4, 0.5) is 4.79 Å². The van der Waals surface area contributed by atoms with Gasteiger partial charge in [0, 0.05) is 17.0 Å². The first-order valence-corrected chi connectivity index (χ1v) is 10.8. The minimum Gasteiger partial charge on any atom is -0.497 e. The van der Waals surface area contributed by atoms with Crippen LogP contribution in [-0.4, -0.2) is 34.8 Å². The molecule has 8 heteroatoms. The Morgan fingerprint density at radius 2 is 1.81 bits per heavy atom. The predicted molar refractivity (Wildman–Crippen MR) is 118 cm³/mol. The lowest BCUT2D eigenvalue weighted by Crippen LogP contribution is -2.47. The molecule has 5 rings (SSSR count). The van der Waals surface area contributed by atoms with Crippen LogP contribution in [0.2, 0.25) is 0 Å². The van der Waals surface area contributed by atoms with Gasteiger partial charge >= 0.3 is 6.03 Å². The number of hydrogen-bond donors (Lipinski definition) is 3. The van der Waals surface area contributed by atoms with Gasteiger partial charge in [0.2, 0.25) is 0 Å². The summed E-state index contributed by atoms with van der Waals surface area (Å²) in [5.41, 5.74) is -0.756. The van der Waals surface area contributed by atoms with Crippen molar-refractivity contribution in [3.8, 4) is 17.4 Å². The zero-order chi connectivity index (χ0) is 22.3. The highest BCUT2D eigenvalue weighted by molar-refractivity contribution is 6.07. The molecule has 2 aliphatic rings. The number of rotatable bonds is 6. The molecular weight excluding hydrogens is 410 g/mol. The number of aromatic hydroxyl groups is 1. The molecular formula is C24H25N3O5. The van der Waals surface area contributed by atoms with Crippen molar-refractivity contribution < 1.29 is 24.2 Å². The van der Waals surface area contributed by atoms with Gasteiger partial charge in [-0.2, -0.15) is 0 Å². The number of amides is 3. The van der Waals surface area contributed by atoms with E-state index in [1.807, 2.05) is 12.1 Å². The Bertz CT molecular complexity index is 1180. The summed E-state index contributed by atoms with van der Waals surface area (Å²) in [6, 6.07) is 12.0. The molecule has 1 saturated carbocycles. The first-order valence-electron chi connectivity index (χ1n) is 10.8. The molecule has 0 unspecified atom stereocenters. The number of fused-ring (bicyclic) bond motifs is 1. The van der Waals surface area contributed by atoms with Gasteiger partial charge in [-0.3, -0.25) is 10.1 Å². The fraction of sp³-hybridized carbons (Fsp3) is 0.333. The van der Waals surface area contributed by atoms with Crippen molar-refractivity contribution in [2.45, 2.75) is 43.9 Å². The van der Waals surface area contributed by atoms with Gasteiger partial charge in [-0.1, -0.05) is 12.1 Å². The fourth-order valence-electron chi connectivity index (χ4n) is 4.65. The van der Waals surface area contributed by atoms with Crippen LogP contribution >= 0.6 is 0 Å². The monoisotopic (exact) mass is 435 g/mol. The van der Waals surface area contributed by atoms with Gasteiger partial charge < -0.3 is 24.5 Å². The number of carbonyl (C=O) groups excluding carboxylic acids is 2. The first-order chi connectivity index (χ1) is 15.5. The summed E-state index contributed by atoms with van der Waals surface area (Å²) in [7, 11) is 1.57. The number of urea groups is 1. The van der Waals surface area contributed by atoms with Gasteiger partial charge in [0.15, 0.2) is 11.4 Å². The van der Waals surface area contributed by atoms with E-state index in [9.17, 15) is 14.7 Å². The van der Waals surface area contributed by atoms with Crippen molar-refractivity contribution in [1.82, 2.24) is 15.2 Å². The summed E-state index contributed by atoms with van der Waals surface area (Å²) >= 11 is 0. The Morgan fingerprint density at radius 3 is 2.47 bits per heavy atom. The number of imide groups is 1. The Kier molecular flexibility index (Phi) is 4.92. The quantitative estimate of drug-likeness (QED) is 0.515. The van der Waals surface area contributed by atoms with Crippen molar-refractivity contribution in [3.63, 3.8) is 0 Å². The molecule has 0 spiro atoms. The molecule has 166 valence electrons. The molecule has 1 saturated heterocycles. The second-order valence-electron chi connectivity index (χ2n) is 8.40. The summed E-state index contributed by atoms with van der Waals surface area (Å²) in [6.45, 7) is 0.0240. The lowest BCUT2D eigenvalue weighted by molar-refractivity contribution is -0.124. The zero-order valence-electron chi connectivity index (χ0n) is 17.8. The van der Waals surface area contributed by atoms with Gasteiger partial charge in [0.1, 0.15) is 11.5 Å². The summed E-state index contributed by atoms with van der Waals surface area (Å²) in [5, 5.41) is 17.3. The van der Waals surface area contributed by atoms with E-state index in [2.05, 4.69) is 10.6 Å². The van der Waals surface area contributed by atoms with Crippen molar-refractivity contribution in [1.29, 1.82) is 0 Å². The van der Waals surface area contributed by atoms with Gasteiger partial charge in [0.05, 0.1) is 19.8 Å². The molecule has 3 amide bonds. The highest BCUT2D eigenvalue weighted by Gasteiger charge is 2.48. The van der Waals surface area contributed by atoms with Gasteiger partial charge in [-0.25, -0.2) is 4.79 Å². The second-order valence-corrected chi connectivity index (χ2v) is 8.40. The van der Waals surface area contributed by atoms with E-state index < -0.39 is 17.5 Å². The van der Waals surface area contributed by atoms with E-state index in [-0.39, 0.29) is 18.5 Å². The minimum absolute atomic E-state index is 0.0113. The standard InChI is InChI=1S/C24H25N3O5/c1-31-19-10-11-20-15(12-19)13-27(21(20)28)14-24(22(29)25-23(30)26-24)16-6-8-18(9-7-16)32-17-4-2-3-5-17/h6-13,17,28H,2-5,14H2,1H3,(H2,25,26,29,30)/t24-/m0/s1. The molecule has 3 aromatic rings. The van der Waals surface area contributed by atoms with Crippen LogP contribution in [0.3, 0.4) is 0 Å². The van der Waals surface area contributed by atoms with Crippen LogP contribution in [0, 0.1) is 0 Å². The molecule has 32 heavy (non-hydrogen) atoms. The zero-order valence-corrected chi connectivity index (χ0v) is 17.8. The minimum atomic E-state index is -1.36. The van der Waals surface area contributed by atoms with Crippen molar-refractivity contribution in [3.05, 3.63) is 54.2 Å². The molecule has 0 bridgehead atoms. The van der Waals surface area contributed by atoms with E-state index in [1.54, 1.807) is 48.2 Å². The van der Waals surface area contributed by atoms with Crippen molar-refractivity contribution in [2.75, 3.05) is 7.11 Å². The molecule has 1 aliphatic carbocycles. The van der Waals surface area contributed by atoms with Gasteiger partial charge in [0.25, 0.3) is 5.91 Å². The average Bonchev–Trinajstić information content (AvgIpc) is 3.48. The maximum Gasteiger partial charge on any atom is 0.322 e. The van der Waals surface area contributed by atoms with E-state index in [0.29, 0.717) is 16.7 Å². The maximum atomic E-state index is 13.0. The fourth-order valence-corrected chi connectivity index (χ4v) is 4.65. The number of benzene rings is 2. The Labute approximate surface area is 185 Å². The van der Waals surface area contributed by atoms with E-state index in [0.717, 1.165) is 24.0 Å². The Morgan fingerprint density at radius 1 is 1.09 bits per heavy atom. The number of methoxy groups -OCH3 is 1. The highest BCUT2D eigenvalue weighted by Crippen LogP contribution is 2.35. The normalized spacial score (nSPS) is 21.0. The van der Waals surface area contributed by atoms with Crippen LogP contribution in [0.15, 0.2) is 48.7 Å². The molecule has 2 heterocycles. The summed E-state index contributed by atoms with van der Waals surface area (Å²) in [5.74, 6) is 0.940. The number of carbonyl (C=O) groups is 2. The highest BCUT2D eigenvalue weighted by atomic mass is 16.5. The smallest absolute Gasteiger partial charge is 0.322 e. The molecule has 3 N–H and O–H groups in total. The van der Waals surface area contributed by atoms with Crippen molar-refractivity contribution >= 4 is 22.7 Å². The van der Waals surface area contributed by atoms with Crippen LogP contribution in [-0.2, 0) is 16.9 Å². The Hall–Kier alpha value is -3.68. The van der Waals surface area contributed by atoms with E-state index >= 15 is 0 Å².